The first kappa shape index (κ1) is 19.7. The van der Waals surface area contributed by atoms with Gasteiger partial charge in [-0.15, -0.1) is 0 Å². The van der Waals surface area contributed by atoms with Gasteiger partial charge in [0, 0.05) is 23.3 Å². The van der Waals surface area contributed by atoms with Crippen LogP contribution in [-0.2, 0) is 11.2 Å². The molecule has 2 heterocycles. The molecule has 0 bridgehead atoms. The van der Waals surface area contributed by atoms with Crippen molar-refractivity contribution in [3.05, 3.63) is 59.9 Å². The number of amides is 1. The standard InChI is InChI=1S/C24H29FN2O2/c1-24(2)16-21-20(27(24)19-12-10-18(25)11-13-19)8-6-14-26(21)23(28)15-17-7-4-5-9-22(17)29-3/h4-5,7,9-13,20-21H,6,8,14-16H2,1-3H3/t20-,21-/m0/s1. The monoisotopic (exact) mass is 396 g/mol. The summed E-state index contributed by atoms with van der Waals surface area (Å²) in [6.07, 6.45) is 3.29. The lowest BCUT2D eigenvalue weighted by atomic mass is 9.93. The number of rotatable bonds is 4. The summed E-state index contributed by atoms with van der Waals surface area (Å²) in [6, 6.07) is 14.9. The number of carbonyl (C=O) groups is 1. The van der Waals surface area contributed by atoms with Gasteiger partial charge < -0.3 is 14.5 Å². The molecule has 2 aliphatic rings. The lowest BCUT2D eigenvalue weighted by Gasteiger charge is -2.42. The second-order valence-electron chi connectivity index (χ2n) is 8.72. The first-order chi connectivity index (χ1) is 13.9. The van der Waals surface area contributed by atoms with Crippen molar-refractivity contribution in [1.29, 1.82) is 0 Å². The number of hydrogen-bond acceptors (Lipinski definition) is 3. The molecule has 4 rings (SSSR count). The van der Waals surface area contributed by atoms with Crippen LogP contribution in [0.4, 0.5) is 10.1 Å². The van der Waals surface area contributed by atoms with Crippen molar-refractivity contribution in [1.82, 2.24) is 4.90 Å². The van der Waals surface area contributed by atoms with Gasteiger partial charge in [0.05, 0.1) is 25.6 Å². The van der Waals surface area contributed by atoms with Gasteiger partial charge in [0.25, 0.3) is 0 Å². The largest absolute Gasteiger partial charge is 0.496 e. The van der Waals surface area contributed by atoms with Crippen molar-refractivity contribution >= 4 is 11.6 Å². The van der Waals surface area contributed by atoms with Crippen LogP contribution in [0.3, 0.4) is 0 Å². The highest BCUT2D eigenvalue weighted by Gasteiger charge is 2.50. The Hall–Kier alpha value is -2.56. The van der Waals surface area contributed by atoms with E-state index >= 15 is 0 Å². The van der Waals surface area contributed by atoms with Crippen LogP contribution in [0.2, 0.25) is 0 Å². The van der Waals surface area contributed by atoms with E-state index in [0.717, 1.165) is 42.8 Å². The van der Waals surface area contributed by atoms with Gasteiger partial charge >= 0.3 is 0 Å². The highest BCUT2D eigenvalue weighted by molar-refractivity contribution is 5.80. The van der Waals surface area contributed by atoms with E-state index in [0.29, 0.717) is 6.42 Å². The van der Waals surface area contributed by atoms with E-state index in [-0.39, 0.29) is 29.3 Å². The minimum Gasteiger partial charge on any atom is -0.496 e. The molecule has 29 heavy (non-hydrogen) atoms. The van der Waals surface area contributed by atoms with Gasteiger partial charge in [0.1, 0.15) is 11.6 Å². The van der Waals surface area contributed by atoms with Gasteiger partial charge in [-0.05, 0) is 63.4 Å². The van der Waals surface area contributed by atoms with Gasteiger partial charge in [0.15, 0.2) is 0 Å². The van der Waals surface area contributed by atoms with E-state index in [1.807, 2.05) is 36.4 Å². The third-order valence-electron chi connectivity index (χ3n) is 6.40. The quantitative estimate of drug-likeness (QED) is 0.767. The Morgan fingerprint density at radius 2 is 1.86 bits per heavy atom. The molecule has 0 unspecified atom stereocenters. The van der Waals surface area contributed by atoms with Crippen molar-refractivity contribution < 1.29 is 13.9 Å². The van der Waals surface area contributed by atoms with Crippen molar-refractivity contribution in [2.75, 3.05) is 18.6 Å². The Kier molecular flexibility index (Phi) is 5.24. The third-order valence-corrected chi connectivity index (χ3v) is 6.40. The van der Waals surface area contributed by atoms with Gasteiger partial charge in [-0.1, -0.05) is 18.2 Å². The number of likely N-dealkylation sites (tertiary alicyclic amines) is 1. The molecule has 2 fully saturated rings. The summed E-state index contributed by atoms with van der Waals surface area (Å²) in [4.78, 5) is 17.8. The average Bonchev–Trinajstić information content (AvgIpc) is 2.98. The van der Waals surface area contributed by atoms with E-state index in [1.165, 1.54) is 12.1 Å². The molecule has 2 atom stereocenters. The number of hydrogen-bond donors (Lipinski definition) is 0. The Morgan fingerprint density at radius 1 is 1.14 bits per heavy atom. The molecule has 2 aromatic carbocycles. The van der Waals surface area contributed by atoms with E-state index < -0.39 is 0 Å². The zero-order valence-electron chi connectivity index (χ0n) is 17.4. The van der Waals surface area contributed by atoms with Crippen LogP contribution >= 0.6 is 0 Å². The molecule has 154 valence electrons. The van der Waals surface area contributed by atoms with Crippen LogP contribution < -0.4 is 9.64 Å². The zero-order valence-corrected chi connectivity index (χ0v) is 17.4. The molecule has 2 aromatic rings. The minimum atomic E-state index is -0.223. The Balaban J connectivity index is 1.58. The lowest BCUT2D eigenvalue weighted by molar-refractivity contribution is -0.134. The summed E-state index contributed by atoms with van der Waals surface area (Å²) in [5.41, 5.74) is 1.86. The third kappa shape index (κ3) is 3.70. The summed E-state index contributed by atoms with van der Waals surface area (Å²) in [6.45, 7) is 5.23. The Morgan fingerprint density at radius 3 is 2.59 bits per heavy atom. The maximum Gasteiger partial charge on any atom is 0.227 e. The zero-order chi connectivity index (χ0) is 20.6. The van der Waals surface area contributed by atoms with Crippen LogP contribution in [0.15, 0.2) is 48.5 Å². The number of halogens is 1. The number of nitrogens with zero attached hydrogens (tertiary/aromatic N) is 2. The number of benzene rings is 2. The number of para-hydroxylation sites is 1. The maximum atomic E-state index is 13.5. The normalized spacial score (nSPS) is 23.0. The van der Waals surface area contributed by atoms with Crippen LogP contribution in [0.5, 0.6) is 5.75 Å². The summed E-state index contributed by atoms with van der Waals surface area (Å²) >= 11 is 0. The predicted molar refractivity (Wildman–Crippen MR) is 113 cm³/mol. The average molecular weight is 397 g/mol. The van der Waals surface area contributed by atoms with Crippen LogP contribution in [0, 0.1) is 5.82 Å². The van der Waals surface area contributed by atoms with Gasteiger partial charge in [0.2, 0.25) is 5.91 Å². The molecule has 0 radical (unpaired) electrons. The molecule has 1 amide bonds. The molecular weight excluding hydrogens is 367 g/mol. The summed E-state index contributed by atoms with van der Waals surface area (Å²) in [5.74, 6) is 0.689. The van der Waals surface area contributed by atoms with Crippen molar-refractivity contribution in [3.63, 3.8) is 0 Å². The van der Waals surface area contributed by atoms with Crippen molar-refractivity contribution in [3.8, 4) is 5.75 Å². The molecule has 0 aromatic heterocycles. The number of carbonyl (C=O) groups excluding carboxylic acids is 1. The summed E-state index contributed by atoms with van der Waals surface area (Å²) in [5, 5.41) is 0. The fourth-order valence-electron chi connectivity index (χ4n) is 5.21. The number of methoxy groups -OCH3 is 1. The molecule has 0 aliphatic carbocycles. The van der Waals surface area contributed by atoms with Gasteiger partial charge in [-0.25, -0.2) is 4.39 Å². The van der Waals surface area contributed by atoms with Crippen LogP contribution in [0.25, 0.3) is 0 Å². The lowest BCUT2D eigenvalue weighted by Crippen LogP contribution is -2.53. The summed E-state index contributed by atoms with van der Waals surface area (Å²) in [7, 11) is 1.64. The molecular formula is C24H29FN2O2. The van der Waals surface area contributed by atoms with Crippen LogP contribution in [-0.4, -0.2) is 42.1 Å². The number of anilines is 1. The maximum absolute atomic E-state index is 13.5. The highest BCUT2D eigenvalue weighted by atomic mass is 19.1. The molecule has 4 nitrogen and oxygen atoms in total. The topological polar surface area (TPSA) is 32.8 Å². The molecule has 0 saturated carbocycles. The fraction of sp³-hybridized carbons (Fsp3) is 0.458. The van der Waals surface area contributed by atoms with E-state index in [4.69, 9.17) is 4.74 Å². The number of piperidine rings is 1. The molecule has 2 aliphatic heterocycles. The smallest absolute Gasteiger partial charge is 0.227 e. The van der Waals surface area contributed by atoms with Gasteiger partial charge in [-0.2, -0.15) is 0 Å². The fourth-order valence-corrected chi connectivity index (χ4v) is 5.21. The summed E-state index contributed by atoms with van der Waals surface area (Å²) < 4.78 is 18.9. The minimum absolute atomic E-state index is 0.0968. The van der Waals surface area contributed by atoms with E-state index in [1.54, 1.807) is 7.11 Å². The highest BCUT2D eigenvalue weighted by Crippen LogP contribution is 2.43. The second kappa shape index (κ2) is 7.69. The van der Waals surface area contributed by atoms with Crippen molar-refractivity contribution in [2.24, 2.45) is 0 Å². The molecule has 2 saturated heterocycles. The molecule has 5 heteroatoms. The van der Waals surface area contributed by atoms with Crippen LogP contribution in [0.1, 0.15) is 38.7 Å². The first-order valence-corrected chi connectivity index (χ1v) is 10.4. The van der Waals surface area contributed by atoms with E-state index in [2.05, 4.69) is 23.6 Å². The Bertz CT molecular complexity index is 881. The number of fused-ring (bicyclic) bond motifs is 1. The Labute approximate surface area is 172 Å². The second-order valence-corrected chi connectivity index (χ2v) is 8.72. The van der Waals surface area contributed by atoms with Crippen molar-refractivity contribution in [2.45, 2.75) is 57.2 Å². The molecule has 0 N–H and O–H groups in total. The number of ether oxygens (including phenoxy) is 1. The van der Waals surface area contributed by atoms with Gasteiger partial charge in [-0.3, -0.25) is 4.79 Å². The predicted octanol–water partition coefficient (Wildman–Crippen LogP) is 4.43. The molecule has 0 spiro atoms. The van der Waals surface area contributed by atoms with E-state index in [9.17, 15) is 9.18 Å². The first-order valence-electron chi connectivity index (χ1n) is 10.4. The SMILES string of the molecule is COc1ccccc1CC(=O)N1CCC[C@H]2[C@@H]1CC(C)(C)N2c1ccc(F)cc1.